The molecule has 0 saturated heterocycles. The average Bonchev–Trinajstić information content (AvgIpc) is 3.41. The van der Waals surface area contributed by atoms with Gasteiger partial charge >= 0.3 is 0 Å². The van der Waals surface area contributed by atoms with Crippen molar-refractivity contribution < 1.29 is 4.74 Å². The van der Waals surface area contributed by atoms with Crippen molar-refractivity contribution in [2.75, 3.05) is 12.9 Å². The summed E-state index contributed by atoms with van der Waals surface area (Å²) in [6, 6.07) is 17.7. The smallest absolute Gasteiger partial charge is 0.195 e. The van der Waals surface area contributed by atoms with Crippen LogP contribution >= 0.6 is 11.8 Å². The minimum atomic E-state index is 0.775. The summed E-state index contributed by atoms with van der Waals surface area (Å²) in [5.74, 6) is 2.50. The molecule has 0 atom stereocenters. The molecule has 0 saturated carbocycles. The molecule has 28 heavy (non-hydrogen) atoms. The SMILES string of the molecule is COc1ccccc1-n1cnnc1SCCCc1nnnn1-c1ccccc1. The van der Waals surface area contributed by atoms with Gasteiger partial charge in [0, 0.05) is 12.2 Å². The van der Waals surface area contributed by atoms with Gasteiger partial charge in [0.25, 0.3) is 0 Å². The van der Waals surface area contributed by atoms with E-state index in [0.717, 1.165) is 46.7 Å². The van der Waals surface area contributed by atoms with Crippen LogP contribution in [0.4, 0.5) is 0 Å². The van der Waals surface area contributed by atoms with Crippen molar-refractivity contribution >= 4 is 11.8 Å². The van der Waals surface area contributed by atoms with Gasteiger partial charge in [-0.15, -0.1) is 15.3 Å². The highest BCUT2D eigenvalue weighted by atomic mass is 32.2. The van der Waals surface area contributed by atoms with Crippen LogP contribution in [0.15, 0.2) is 66.1 Å². The van der Waals surface area contributed by atoms with Crippen molar-refractivity contribution in [1.29, 1.82) is 0 Å². The fraction of sp³-hybridized carbons (Fsp3) is 0.211. The summed E-state index contributed by atoms with van der Waals surface area (Å²) >= 11 is 1.65. The van der Waals surface area contributed by atoms with Crippen LogP contribution in [0.3, 0.4) is 0 Å². The van der Waals surface area contributed by atoms with Gasteiger partial charge in [0.1, 0.15) is 12.1 Å². The van der Waals surface area contributed by atoms with Gasteiger partial charge in [0.2, 0.25) is 0 Å². The predicted octanol–water partition coefficient (Wildman–Crippen LogP) is 2.98. The van der Waals surface area contributed by atoms with E-state index in [9.17, 15) is 0 Å². The summed E-state index contributed by atoms with van der Waals surface area (Å²) in [6.45, 7) is 0. The van der Waals surface area contributed by atoms with E-state index in [0.29, 0.717) is 0 Å². The molecule has 0 amide bonds. The number of para-hydroxylation sites is 3. The first-order valence-electron chi connectivity index (χ1n) is 8.85. The van der Waals surface area contributed by atoms with E-state index in [-0.39, 0.29) is 0 Å². The lowest BCUT2D eigenvalue weighted by Gasteiger charge is -2.10. The molecule has 4 aromatic rings. The fourth-order valence-electron chi connectivity index (χ4n) is 2.84. The van der Waals surface area contributed by atoms with Gasteiger partial charge in [0.15, 0.2) is 11.0 Å². The average molecular weight is 393 g/mol. The van der Waals surface area contributed by atoms with Crippen LogP contribution in [0.25, 0.3) is 11.4 Å². The Bertz CT molecular complexity index is 1030. The highest BCUT2D eigenvalue weighted by molar-refractivity contribution is 7.99. The molecule has 2 aromatic heterocycles. The second-order valence-corrected chi connectivity index (χ2v) is 7.01. The highest BCUT2D eigenvalue weighted by Crippen LogP contribution is 2.27. The Morgan fingerprint density at radius 1 is 1.00 bits per heavy atom. The van der Waals surface area contributed by atoms with Gasteiger partial charge in [-0.3, -0.25) is 4.57 Å². The van der Waals surface area contributed by atoms with Crippen LogP contribution in [-0.2, 0) is 6.42 Å². The Labute approximate surface area is 166 Å². The van der Waals surface area contributed by atoms with Crippen LogP contribution in [0, 0.1) is 0 Å². The lowest BCUT2D eigenvalue weighted by Crippen LogP contribution is -2.04. The zero-order valence-corrected chi connectivity index (χ0v) is 16.2. The summed E-state index contributed by atoms with van der Waals surface area (Å²) in [7, 11) is 1.66. The van der Waals surface area contributed by atoms with Gasteiger partial charge < -0.3 is 4.74 Å². The van der Waals surface area contributed by atoms with Crippen molar-refractivity contribution in [3.05, 3.63) is 66.7 Å². The predicted molar refractivity (Wildman–Crippen MR) is 106 cm³/mol. The molecule has 0 unspecified atom stereocenters. The van der Waals surface area contributed by atoms with Gasteiger partial charge in [0.05, 0.1) is 18.5 Å². The molecule has 0 radical (unpaired) electrons. The van der Waals surface area contributed by atoms with E-state index in [1.165, 1.54) is 0 Å². The molecule has 0 bridgehead atoms. The lowest BCUT2D eigenvalue weighted by atomic mass is 10.3. The Hall–Kier alpha value is -3.20. The third-order valence-electron chi connectivity index (χ3n) is 4.17. The molecule has 142 valence electrons. The number of rotatable bonds is 8. The van der Waals surface area contributed by atoms with E-state index < -0.39 is 0 Å². The van der Waals surface area contributed by atoms with Crippen LogP contribution in [0.5, 0.6) is 5.75 Å². The van der Waals surface area contributed by atoms with E-state index in [4.69, 9.17) is 4.74 Å². The number of ether oxygens (including phenoxy) is 1. The summed E-state index contributed by atoms with van der Waals surface area (Å²) in [5.41, 5.74) is 1.89. The summed E-state index contributed by atoms with van der Waals surface area (Å²) in [6.07, 6.45) is 3.39. The number of nitrogens with zero attached hydrogens (tertiary/aromatic N) is 7. The maximum Gasteiger partial charge on any atom is 0.195 e. The third-order valence-corrected chi connectivity index (χ3v) is 5.20. The zero-order valence-electron chi connectivity index (χ0n) is 15.3. The molecular formula is C19H19N7OS. The van der Waals surface area contributed by atoms with E-state index in [2.05, 4.69) is 25.7 Å². The number of thioether (sulfide) groups is 1. The molecule has 2 aromatic carbocycles. The number of benzene rings is 2. The second-order valence-electron chi connectivity index (χ2n) is 5.95. The van der Waals surface area contributed by atoms with E-state index in [1.54, 1.807) is 29.9 Å². The summed E-state index contributed by atoms with van der Waals surface area (Å²) in [5, 5.41) is 21.2. The maximum atomic E-state index is 5.44. The van der Waals surface area contributed by atoms with Crippen LogP contribution in [0.2, 0.25) is 0 Å². The summed E-state index contributed by atoms with van der Waals surface area (Å²) < 4.78 is 9.17. The quantitative estimate of drug-likeness (QED) is 0.336. The Morgan fingerprint density at radius 3 is 2.68 bits per heavy atom. The number of hydrogen-bond donors (Lipinski definition) is 0. The zero-order chi connectivity index (χ0) is 19.2. The van der Waals surface area contributed by atoms with Crippen molar-refractivity contribution in [1.82, 2.24) is 35.0 Å². The van der Waals surface area contributed by atoms with Crippen LogP contribution < -0.4 is 4.74 Å². The van der Waals surface area contributed by atoms with Gasteiger partial charge in [-0.25, -0.2) is 0 Å². The number of hydrogen-bond acceptors (Lipinski definition) is 7. The Kier molecular flexibility index (Phi) is 5.62. The van der Waals surface area contributed by atoms with Crippen molar-refractivity contribution in [3.63, 3.8) is 0 Å². The Morgan fingerprint density at radius 2 is 1.82 bits per heavy atom. The van der Waals surface area contributed by atoms with E-state index >= 15 is 0 Å². The monoisotopic (exact) mass is 393 g/mol. The number of aryl methyl sites for hydroxylation is 1. The van der Waals surface area contributed by atoms with Gasteiger partial charge in [-0.2, -0.15) is 4.68 Å². The summed E-state index contributed by atoms with van der Waals surface area (Å²) in [4.78, 5) is 0. The molecule has 0 spiro atoms. The number of methoxy groups -OCH3 is 1. The molecule has 9 heteroatoms. The standard InChI is InChI=1S/C19H19N7OS/c1-27-17-11-6-5-10-16(17)25-14-20-22-19(25)28-13-7-12-18-21-23-24-26(18)15-8-3-2-4-9-15/h2-6,8-11,14H,7,12-13H2,1H3. The minimum Gasteiger partial charge on any atom is -0.495 e. The molecule has 4 rings (SSSR count). The van der Waals surface area contributed by atoms with Crippen molar-refractivity contribution in [2.24, 2.45) is 0 Å². The molecule has 0 fully saturated rings. The molecule has 8 nitrogen and oxygen atoms in total. The number of aromatic nitrogens is 7. The maximum absolute atomic E-state index is 5.44. The third kappa shape index (κ3) is 3.89. The fourth-order valence-corrected chi connectivity index (χ4v) is 3.70. The van der Waals surface area contributed by atoms with Crippen molar-refractivity contribution in [2.45, 2.75) is 18.0 Å². The van der Waals surface area contributed by atoms with Gasteiger partial charge in [-0.05, 0) is 41.1 Å². The van der Waals surface area contributed by atoms with Gasteiger partial charge in [-0.1, -0.05) is 42.1 Å². The van der Waals surface area contributed by atoms with Crippen LogP contribution in [0.1, 0.15) is 12.2 Å². The first kappa shape index (κ1) is 18.2. The molecular weight excluding hydrogens is 374 g/mol. The first-order chi connectivity index (χ1) is 13.9. The molecule has 0 aliphatic carbocycles. The van der Waals surface area contributed by atoms with Crippen molar-refractivity contribution in [3.8, 4) is 17.1 Å². The molecule has 2 heterocycles. The first-order valence-corrected chi connectivity index (χ1v) is 9.84. The minimum absolute atomic E-state index is 0.775. The Balaban J connectivity index is 1.39. The molecule has 0 N–H and O–H groups in total. The lowest BCUT2D eigenvalue weighted by molar-refractivity contribution is 0.412. The molecule has 0 aliphatic rings. The number of tetrazole rings is 1. The largest absolute Gasteiger partial charge is 0.495 e. The second kappa shape index (κ2) is 8.66. The molecule has 0 aliphatic heterocycles. The van der Waals surface area contributed by atoms with E-state index in [1.807, 2.05) is 59.2 Å². The topological polar surface area (TPSA) is 83.5 Å². The highest BCUT2D eigenvalue weighted by Gasteiger charge is 2.12. The van der Waals surface area contributed by atoms with Crippen LogP contribution in [-0.4, -0.2) is 47.8 Å². The normalized spacial score (nSPS) is 10.9.